The van der Waals surface area contributed by atoms with Crippen molar-refractivity contribution in [2.75, 3.05) is 12.0 Å². The average Bonchev–Trinajstić information content (AvgIpc) is 2.25. The van der Waals surface area contributed by atoms with Crippen molar-refractivity contribution < 1.29 is 13.6 Å². The lowest BCUT2D eigenvalue weighted by atomic mass is 10.1. The Balaban J connectivity index is 2.84. The number of nitrogens with two attached hydrogens (primary N) is 1. The number of hydrazine groups is 1. The third-order valence-corrected chi connectivity index (χ3v) is 2.03. The fourth-order valence-corrected chi connectivity index (χ4v) is 1.27. The number of benzene rings is 1. The quantitative estimate of drug-likeness (QED) is 0.561. The molecule has 0 atom stereocenters. The van der Waals surface area contributed by atoms with Crippen LogP contribution in [0.2, 0.25) is 5.02 Å². The number of hydrogen-bond donors (Lipinski definition) is 3. The molecule has 0 aliphatic carbocycles. The molecule has 0 saturated heterocycles. The van der Waals surface area contributed by atoms with Gasteiger partial charge in [-0.15, -0.1) is 0 Å². The molecule has 0 aliphatic rings. The van der Waals surface area contributed by atoms with Crippen molar-refractivity contribution in [3.05, 3.63) is 28.8 Å². The Morgan fingerprint density at radius 3 is 2.75 bits per heavy atom. The first-order valence-corrected chi connectivity index (χ1v) is 4.75. The summed E-state index contributed by atoms with van der Waals surface area (Å²) in [6.45, 7) is -0.713. The Morgan fingerprint density at radius 2 is 2.19 bits per heavy atom. The molecule has 0 aromatic heterocycles. The summed E-state index contributed by atoms with van der Waals surface area (Å²) in [5.74, 6) is 4.52. The van der Waals surface area contributed by atoms with E-state index in [0.717, 1.165) is 0 Å². The van der Waals surface area contributed by atoms with Gasteiger partial charge >= 0.3 is 0 Å². The molecule has 0 unspecified atom stereocenters. The van der Waals surface area contributed by atoms with E-state index in [1.807, 2.05) is 0 Å². The molecule has 16 heavy (non-hydrogen) atoms. The SMILES string of the molecule is NNc1ccc(Cl)cc1C(=O)NCC(F)F. The fraction of sp³-hybridized carbons (Fsp3) is 0.222. The summed E-state index contributed by atoms with van der Waals surface area (Å²) in [5.41, 5.74) is 2.72. The molecule has 88 valence electrons. The van der Waals surface area contributed by atoms with Crippen LogP contribution in [-0.2, 0) is 0 Å². The van der Waals surface area contributed by atoms with Crippen LogP contribution in [0.1, 0.15) is 10.4 Å². The van der Waals surface area contributed by atoms with Crippen LogP contribution in [-0.4, -0.2) is 18.9 Å². The Morgan fingerprint density at radius 1 is 1.50 bits per heavy atom. The van der Waals surface area contributed by atoms with Crippen molar-refractivity contribution in [3.8, 4) is 0 Å². The van der Waals surface area contributed by atoms with E-state index in [-0.39, 0.29) is 5.56 Å². The van der Waals surface area contributed by atoms with Gasteiger partial charge in [0.2, 0.25) is 0 Å². The monoisotopic (exact) mass is 249 g/mol. The van der Waals surface area contributed by atoms with Gasteiger partial charge in [-0.25, -0.2) is 8.78 Å². The molecule has 0 aliphatic heterocycles. The van der Waals surface area contributed by atoms with E-state index in [1.165, 1.54) is 18.2 Å². The Kier molecular flexibility index (Phi) is 4.45. The minimum absolute atomic E-state index is 0.121. The zero-order valence-corrected chi connectivity index (χ0v) is 8.89. The van der Waals surface area contributed by atoms with E-state index in [4.69, 9.17) is 17.4 Å². The van der Waals surface area contributed by atoms with E-state index >= 15 is 0 Å². The molecule has 4 N–H and O–H groups in total. The smallest absolute Gasteiger partial charge is 0.255 e. The number of rotatable bonds is 4. The first-order valence-electron chi connectivity index (χ1n) is 4.37. The predicted octanol–water partition coefficient (Wildman–Crippen LogP) is 1.62. The summed E-state index contributed by atoms with van der Waals surface area (Å²) in [4.78, 5) is 11.5. The topological polar surface area (TPSA) is 67.1 Å². The molecule has 4 nitrogen and oxygen atoms in total. The second-order valence-corrected chi connectivity index (χ2v) is 3.37. The van der Waals surface area contributed by atoms with Gasteiger partial charge in [-0.3, -0.25) is 10.6 Å². The minimum Gasteiger partial charge on any atom is -0.346 e. The summed E-state index contributed by atoms with van der Waals surface area (Å²) < 4.78 is 23.8. The molecule has 1 amide bonds. The second kappa shape index (κ2) is 5.62. The molecule has 0 bridgehead atoms. The van der Waals surface area contributed by atoms with Crippen LogP contribution in [0.4, 0.5) is 14.5 Å². The van der Waals surface area contributed by atoms with Crippen molar-refractivity contribution in [1.29, 1.82) is 0 Å². The summed E-state index contributed by atoms with van der Waals surface area (Å²) in [5, 5.41) is 2.38. The number of carbonyl (C=O) groups is 1. The maximum absolute atomic E-state index is 11.9. The lowest BCUT2D eigenvalue weighted by Crippen LogP contribution is -2.29. The number of carbonyl (C=O) groups excluding carboxylic acids is 1. The maximum Gasteiger partial charge on any atom is 0.255 e. The van der Waals surface area contributed by atoms with Gasteiger partial charge < -0.3 is 10.7 Å². The van der Waals surface area contributed by atoms with Crippen molar-refractivity contribution >= 4 is 23.2 Å². The van der Waals surface area contributed by atoms with E-state index in [9.17, 15) is 13.6 Å². The normalized spacial score (nSPS) is 10.3. The van der Waals surface area contributed by atoms with Crippen LogP contribution in [0.25, 0.3) is 0 Å². The molecule has 1 rings (SSSR count). The predicted molar refractivity (Wildman–Crippen MR) is 57.6 cm³/mol. The van der Waals surface area contributed by atoms with Gasteiger partial charge in [0.05, 0.1) is 17.8 Å². The number of hydrogen-bond acceptors (Lipinski definition) is 3. The van der Waals surface area contributed by atoms with Crippen molar-refractivity contribution in [3.63, 3.8) is 0 Å². The van der Waals surface area contributed by atoms with E-state index in [2.05, 4.69) is 10.7 Å². The van der Waals surface area contributed by atoms with Gasteiger partial charge in [-0.1, -0.05) is 11.6 Å². The van der Waals surface area contributed by atoms with Gasteiger partial charge in [-0.2, -0.15) is 0 Å². The fourth-order valence-electron chi connectivity index (χ4n) is 1.10. The van der Waals surface area contributed by atoms with Gasteiger partial charge in [0.15, 0.2) is 0 Å². The molecule has 0 heterocycles. The van der Waals surface area contributed by atoms with Gasteiger partial charge in [0.25, 0.3) is 12.3 Å². The molecule has 0 saturated carbocycles. The number of anilines is 1. The van der Waals surface area contributed by atoms with Crippen molar-refractivity contribution in [2.24, 2.45) is 5.84 Å². The van der Waals surface area contributed by atoms with Crippen LogP contribution >= 0.6 is 11.6 Å². The van der Waals surface area contributed by atoms with Crippen LogP contribution in [0.15, 0.2) is 18.2 Å². The van der Waals surface area contributed by atoms with Crippen LogP contribution in [0.3, 0.4) is 0 Å². The molecule has 0 spiro atoms. The van der Waals surface area contributed by atoms with E-state index in [0.29, 0.717) is 10.7 Å². The molecule has 1 aromatic rings. The summed E-state index contributed by atoms with van der Waals surface area (Å²) in [6.07, 6.45) is -2.60. The third kappa shape index (κ3) is 3.32. The van der Waals surface area contributed by atoms with Gasteiger partial charge in [0, 0.05) is 5.02 Å². The molecule has 0 radical (unpaired) electrons. The highest BCUT2D eigenvalue weighted by molar-refractivity contribution is 6.31. The molecular weight excluding hydrogens is 240 g/mol. The highest BCUT2D eigenvalue weighted by atomic mass is 35.5. The van der Waals surface area contributed by atoms with Crippen molar-refractivity contribution in [1.82, 2.24) is 5.32 Å². The molecule has 0 fully saturated rings. The van der Waals surface area contributed by atoms with E-state index < -0.39 is 18.9 Å². The standard InChI is InChI=1S/C9H10ClF2N3O/c10-5-1-2-7(15-13)6(3-5)9(16)14-4-8(11)12/h1-3,8,15H,4,13H2,(H,14,16). The number of nitrogens with one attached hydrogen (secondary N) is 2. The van der Waals surface area contributed by atoms with Crippen LogP contribution in [0.5, 0.6) is 0 Å². The number of nitrogen functional groups attached to an aromatic ring is 1. The zero-order valence-electron chi connectivity index (χ0n) is 8.14. The lowest BCUT2D eigenvalue weighted by Gasteiger charge is -2.09. The summed E-state index contributed by atoms with van der Waals surface area (Å²) in [6, 6.07) is 4.36. The second-order valence-electron chi connectivity index (χ2n) is 2.94. The van der Waals surface area contributed by atoms with Crippen LogP contribution < -0.4 is 16.6 Å². The van der Waals surface area contributed by atoms with E-state index in [1.54, 1.807) is 0 Å². The number of amides is 1. The largest absolute Gasteiger partial charge is 0.346 e. The van der Waals surface area contributed by atoms with Crippen molar-refractivity contribution in [2.45, 2.75) is 6.43 Å². The van der Waals surface area contributed by atoms with Crippen LogP contribution in [0, 0.1) is 0 Å². The Labute approximate surface area is 95.7 Å². The third-order valence-electron chi connectivity index (χ3n) is 1.80. The Hall–Kier alpha value is -1.40. The maximum atomic E-state index is 11.9. The van der Waals surface area contributed by atoms with Gasteiger partial charge in [-0.05, 0) is 18.2 Å². The highest BCUT2D eigenvalue weighted by Gasteiger charge is 2.13. The summed E-state index contributed by atoms with van der Waals surface area (Å²) in [7, 11) is 0. The highest BCUT2D eigenvalue weighted by Crippen LogP contribution is 2.19. The molecule has 1 aromatic carbocycles. The first kappa shape index (κ1) is 12.7. The number of alkyl halides is 2. The number of halogens is 3. The Bertz CT molecular complexity index is 387. The average molecular weight is 250 g/mol. The zero-order chi connectivity index (χ0) is 12.1. The molecular formula is C9H10ClF2N3O. The minimum atomic E-state index is -2.60. The lowest BCUT2D eigenvalue weighted by molar-refractivity contribution is 0.0892. The summed E-state index contributed by atoms with van der Waals surface area (Å²) >= 11 is 5.68. The molecule has 7 heteroatoms. The first-order chi connectivity index (χ1) is 7.54. The van der Waals surface area contributed by atoms with Gasteiger partial charge in [0.1, 0.15) is 0 Å².